The van der Waals surface area contributed by atoms with E-state index in [-0.39, 0.29) is 17.1 Å². The van der Waals surface area contributed by atoms with Crippen molar-refractivity contribution in [3.05, 3.63) is 35.9 Å². The molecule has 1 heterocycles. The number of hydrogen-bond acceptors (Lipinski definition) is 4. The van der Waals surface area contributed by atoms with Gasteiger partial charge in [0, 0.05) is 17.5 Å². The number of fused-ring (bicyclic) bond motifs is 1. The first-order chi connectivity index (χ1) is 13.1. The third-order valence-electron chi connectivity index (χ3n) is 5.22. The predicted molar refractivity (Wildman–Crippen MR) is 108 cm³/mol. The number of carbonyl (C=O) groups is 2. The van der Waals surface area contributed by atoms with Crippen molar-refractivity contribution in [3.8, 4) is 0 Å². The first-order valence-electron chi connectivity index (χ1n) is 9.78. The zero-order chi connectivity index (χ0) is 18.8. The fourth-order valence-corrected chi connectivity index (χ4v) is 4.39. The Morgan fingerprint density at radius 3 is 2.52 bits per heavy atom. The molecule has 5 nitrogen and oxygen atoms in total. The highest BCUT2D eigenvalue weighted by Gasteiger charge is 2.26. The Morgan fingerprint density at radius 2 is 1.78 bits per heavy atom. The van der Waals surface area contributed by atoms with Crippen LogP contribution in [0.25, 0.3) is 10.9 Å². The molecule has 2 fully saturated rings. The molecule has 2 aromatic rings. The summed E-state index contributed by atoms with van der Waals surface area (Å²) < 4.78 is 0. The number of aromatic nitrogens is 1. The van der Waals surface area contributed by atoms with Crippen molar-refractivity contribution >= 4 is 34.5 Å². The van der Waals surface area contributed by atoms with E-state index >= 15 is 0 Å². The monoisotopic (exact) mass is 383 g/mol. The molecular formula is C21H25N3O2S. The molecule has 1 atom stereocenters. The lowest BCUT2D eigenvalue weighted by Crippen LogP contribution is -2.37. The third kappa shape index (κ3) is 4.43. The number of hydrogen-bond donors (Lipinski definition) is 2. The summed E-state index contributed by atoms with van der Waals surface area (Å²) in [6, 6.07) is 10.1. The predicted octanol–water partition coefficient (Wildman–Crippen LogP) is 3.67. The summed E-state index contributed by atoms with van der Waals surface area (Å²) in [6.45, 7) is 1.90. The van der Waals surface area contributed by atoms with Crippen LogP contribution < -0.4 is 10.6 Å². The van der Waals surface area contributed by atoms with Gasteiger partial charge in [-0.1, -0.05) is 42.8 Å². The molecule has 2 aliphatic carbocycles. The van der Waals surface area contributed by atoms with Gasteiger partial charge in [0.1, 0.15) is 0 Å². The minimum atomic E-state index is -0.251. The van der Waals surface area contributed by atoms with E-state index in [1.54, 1.807) is 0 Å². The third-order valence-corrected chi connectivity index (χ3v) is 6.24. The number of rotatable bonds is 6. The van der Waals surface area contributed by atoms with Crippen LogP contribution in [-0.4, -0.2) is 34.1 Å². The lowest BCUT2D eigenvalue weighted by atomic mass is 10.1. The highest BCUT2D eigenvalue weighted by atomic mass is 32.2. The molecule has 6 heteroatoms. The fraction of sp³-hybridized carbons (Fsp3) is 0.476. The number of benzene rings is 1. The van der Waals surface area contributed by atoms with Gasteiger partial charge >= 0.3 is 0 Å². The van der Waals surface area contributed by atoms with E-state index in [0.717, 1.165) is 36.6 Å². The van der Waals surface area contributed by atoms with Crippen molar-refractivity contribution in [2.75, 3.05) is 0 Å². The first-order valence-corrected chi connectivity index (χ1v) is 10.7. The number of pyridine rings is 1. The molecule has 2 amide bonds. The maximum atomic E-state index is 12.7. The van der Waals surface area contributed by atoms with Crippen molar-refractivity contribution in [2.24, 2.45) is 0 Å². The molecule has 142 valence electrons. The van der Waals surface area contributed by atoms with Crippen LogP contribution in [0.3, 0.4) is 0 Å². The second-order valence-corrected chi connectivity index (χ2v) is 8.88. The van der Waals surface area contributed by atoms with Crippen LogP contribution in [0.2, 0.25) is 0 Å². The van der Waals surface area contributed by atoms with Crippen molar-refractivity contribution in [1.82, 2.24) is 15.6 Å². The molecule has 1 aromatic heterocycles. The van der Waals surface area contributed by atoms with Crippen LogP contribution in [0, 0.1) is 0 Å². The smallest absolute Gasteiger partial charge is 0.252 e. The highest BCUT2D eigenvalue weighted by molar-refractivity contribution is 8.00. The van der Waals surface area contributed by atoms with E-state index < -0.39 is 0 Å². The molecule has 2 aliphatic rings. The van der Waals surface area contributed by atoms with Gasteiger partial charge in [-0.05, 0) is 44.7 Å². The van der Waals surface area contributed by atoms with Crippen LogP contribution in [0.4, 0.5) is 0 Å². The summed E-state index contributed by atoms with van der Waals surface area (Å²) in [7, 11) is 0. The van der Waals surface area contributed by atoms with Gasteiger partial charge in [-0.3, -0.25) is 9.59 Å². The Hall–Kier alpha value is -2.08. The number of para-hydroxylation sites is 1. The Morgan fingerprint density at radius 1 is 1.07 bits per heavy atom. The van der Waals surface area contributed by atoms with Crippen LogP contribution >= 0.6 is 11.8 Å². The molecule has 2 saturated carbocycles. The van der Waals surface area contributed by atoms with Crippen LogP contribution in [-0.2, 0) is 4.79 Å². The second-order valence-electron chi connectivity index (χ2n) is 7.52. The highest BCUT2D eigenvalue weighted by Crippen LogP contribution is 2.28. The molecule has 2 N–H and O–H groups in total. The summed E-state index contributed by atoms with van der Waals surface area (Å²) in [4.78, 5) is 29.9. The number of nitrogens with one attached hydrogen (secondary N) is 2. The van der Waals surface area contributed by atoms with Crippen LogP contribution in [0.15, 0.2) is 35.4 Å². The summed E-state index contributed by atoms with van der Waals surface area (Å²) >= 11 is 1.41. The summed E-state index contributed by atoms with van der Waals surface area (Å²) in [5.41, 5.74) is 1.42. The second kappa shape index (κ2) is 7.89. The zero-order valence-corrected chi connectivity index (χ0v) is 16.3. The van der Waals surface area contributed by atoms with E-state index in [9.17, 15) is 9.59 Å². The van der Waals surface area contributed by atoms with Gasteiger partial charge in [-0.25, -0.2) is 4.98 Å². The summed E-state index contributed by atoms with van der Waals surface area (Å²) in [6.07, 6.45) is 6.63. The van der Waals surface area contributed by atoms with E-state index in [2.05, 4.69) is 15.6 Å². The van der Waals surface area contributed by atoms with Gasteiger partial charge in [0.25, 0.3) is 5.91 Å². The molecule has 4 rings (SSSR count). The number of nitrogens with zero attached hydrogens (tertiary/aromatic N) is 1. The van der Waals surface area contributed by atoms with Crippen molar-refractivity contribution in [3.63, 3.8) is 0 Å². The van der Waals surface area contributed by atoms with E-state index in [0.29, 0.717) is 22.7 Å². The maximum absolute atomic E-state index is 12.7. The topological polar surface area (TPSA) is 71.1 Å². The van der Waals surface area contributed by atoms with Crippen molar-refractivity contribution in [1.29, 1.82) is 0 Å². The quantitative estimate of drug-likeness (QED) is 0.747. The number of thioether (sulfide) groups is 1. The molecule has 0 bridgehead atoms. The SMILES string of the molecule is C[C@@H](Sc1cc(C(=O)NC2CC2)c2ccccc2n1)C(=O)NC1CCCC1. The van der Waals surface area contributed by atoms with Gasteiger partial charge in [0.2, 0.25) is 5.91 Å². The molecule has 0 saturated heterocycles. The fourth-order valence-electron chi connectivity index (χ4n) is 3.51. The molecule has 27 heavy (non-hydrogen) atoms. The average molecular weight is 384 g/mol. The minimum Gasteiger partial charge on any atom is -0.352 e. The Kier molecular flexibility index (Phi) is 5.34. The maximum Gasteiger partial charge on any atom is 0.252 e. The average Bonchev–Trinajstić information content (AvgIpc) is 3.33. The lowest BCUT2D eigenvalue weighted by molar-refractivity contribution is -0.120. The Labute approximate surface area is 163 Å². The van der Waals surface area contributed by atoms with E-state index in [4.69, 9.17) is 0 Å². The first kappa shape index (κ1) is 18.3. The van der Waals surface area contributed by atoms with Crippen LogP contribution in [0.5, 0.6) is 0 Å². The van der Waals surface area contributed by atoms with E-state index in [1.165, 1.54) is 24.6 Å². The van der Waals surface area contributed by atoms with Crippen molar-refractivity contribution in [2.45, 2.75) is 67.8 Å². The van der Waals surface area contributed by atoms with Gasteiger partial charge in [0.15, 0.2) is 0 Å². The molecule has 0 radical (unpaired) electrons. The largest absolute Gasteiger partial charge is 0.352 e. The standard InChI is InChI=1S/C21H25N3O2S/c1-13(20(25)22-14-6-2-3-7-14)27-19-12-17(21(26)23-15-10-11-15)16-8-4-5-9-18(16)24-19/h4-5,8-9,12-15H,2-3,6-7,10-11H2,1H3,(H,22,25)(H,23,26)/t13-/m1/s1. The summed E-state index contributed by atoms with van der Waals surface area (Å²) in [5, 5.41) is 7.51. The summed E-state index contributed by atoms with van der Waals surface area (Å²) in [5.74, 6) is -0.00755. The Balaban J connectivity index is 1.53. The molecular weight excluding hydrogens is 358 g/mol. The Bertz CT molecular complexity index is 860. The molecule has 0 unspecified atom stereocenters. The lowest BCUT2D eigenvalue weighted by Gasteiger charge is -2.17. The molecule has 0 spiro atoms. The van der Waals surface area contributed by atoms with Gasteiger partial charge in [-0.15, -0.1) is 0 Å². The number of amides is 2. The van der Waals surface area contributed by atoms with Gasteiger partial charge in [0.05, 0.1) is 21.4 Å². The zero-order valence-electron chi connectivity index (χ0n) is 15.5. The molecule has 1 aromatic carbocycles. The molecule has 0 aliphatic heterocycles. The van der Waals surface area contributed by atoms with Crippen LogP contribution in [0.1, 0.15) is 55.8 Å². The number of carbonyl (C=O) groups excluding carboxylic acids is 2. The van der Waals surface area contributed by atoms with E-state index in [1.807, 2.05) is 37.3 Å². The van der Waals surface area contributed by atoms with Gasteiger partial charge in [-0.2, -0.15) is 0 Å². The minimum absolute atomic E-state index is 0.0471. The van der Waals surface area contributed by atoms with Crippen molar-refractivity contribution < 1.29 is 9.59 Å². The van der Waals surface area contributed by atoms with Gasteiger partial charge < -0.3 is 10.6 Å². The normalized spacial score (nSPS) is 18.4.